The molecule has 0 fully saturated rings. The van der Waals surface area contributed by atoms with Crippen molar-refractivity contribution in [2.45, 2.75) is 20.8 Å². The van der Waals surface area contributed by atoms with Crippen LogP contribution in [-0.2, 0) is 7.05 Å². The Morgan fingerprint density at radius 3 is 2.67 bits per heavy atom. The highest BCUT2D eigenvalue weighted by atomic mass is 16.5. The van der Waals surface area contributed by atoms with Crippen LogP contribution in [0.15, 0.2) is 18.2 Å². The molecule has 0 bridgehead atoms. The van der Waals surface area contributed by atoms with E-state index in [-0.39, 0.29) is 5.91 Å². The van der Waals surface area contributed by atoms with Crippen LogP contribution in [0, 0.1) is 20.8 Å². The fourth-order valence-electron chi connectivity index (χ4n) is 2.69. The highest BCUT2D eigenvalue weighted by Crippen LogP contribution is 2.36. The molecule has 5 nitrogen and oxygen atoms in total. The molecule has 0 aliphatic carbocycles. The largest absolute Gasteiger partial charge is 0.489 e. The molecule has 0 atom stereocenters. The Balaban J connectivity index is 2.04. The maximum Gasteiger partial charge on any atom is 0.279 e. The normalized spacial score (nSPS) is 13.8. The number of aromatic nitrogens is 2. The molecule has 0 N–H and O–H groups in total. The van der Waals surface area contributed by atoms with Crippen molar-refractivity contribution >= 4 is 11.6 Å². The monoisotopic (exact) mass is 285 g/mol. The Bertz CT molecular complexity index is 699. The van der Waals surface area contributed by atoms with Gasteiger partial charge >= 0.3 is 0 Å². The van der Waals surface area contributed by atoms with E-state index in [1.54, 1.807) is 9.58 Å². The van der Waals surface area contributed by atoms with Gasteiger partial charge in [0.05, 0.1) is 12.2 Å². The van der Waals surface area contributed by atoms with Crippen molar-refractivity contribution in [2.75, 3.05) is 18.1 Å². The first kappa shape index (κ1) is 13.7. The molecule has 1 aromatic heterocycles. The molecule has 0 saturated carbocycles. The number of carbonyl (C=O) groups excluding carboxylic acids is 1. The smallest absolute Gasteiger partial charge is 0.279 e. The van der Waals surface area contributed by atoms with E-state index in [0.717, 1.165) is 28.3 Å². The fraction of sp³-hybridized carbons (Fsp3) is 0.375. The lowest BCUT2D eigenvalue weighted by Crippen LogP contribution is -2.38. The molecule has 21 heavy (non-hydrogen) atoms. The summed E-state index contributed by atoms with van der Waals surface area (Å²) in [5, 5.41) is 4.29. The van der Waals surface area contributed by atoms with Gasteiger partial charge < -0.3 is 9.64 Å². The standard InChI is InChI=1S/C16H19N3O2/c1-10-7-11(2)15-14(8-10)19(5-6-21-15)16(20)13-9-12(3)18(4)17-13/h7-9H,5-6H2,1-4H3. The lowest BCUT2D eigenvalue weighted by Gasteiger charge is -2.30. The van der Waals surface area contributed by atoms with Crippen molar-refractivity contribution in [1.82, 2.24) is 9.78 Å². The Hall–Kier alpha value is -2.30. The maximum absolute atomic E-state index is 12.7. The number of amides is 1. The van der Waals surface area contributed by atoms with Crippen molar-refractivity contribution < 1.29 is 9.53 Å². The summed E-state index contributed by atoms with van der Waals surface area (Å²) in [6, 6.07) is 5.88. The van der Waals surface area contributed by atoms with E-state index in [9.17, 15) is 4.79 Å². The second kappa shape index (κ2) is 4.91. The van der Waals surface area contributed by atoms with Gasteiger partial charge in [0.2, 0.25) is 0 Å². The molecular formula is C16H19N3O2. The molecule has 0 unspecified atom stereocenters. The minimum atomic E-state index is -0.0757. The van der Waals surface area contributed by atoms with Crippen LogP contribution in [0.3, 0.4) is 0 Å². The molecule has 0 saturated heterocycles. The van der Waals surface area contributed by atoms with Gasteiger partial charge in [0.25, 0.3) is 5.91 Å². The Morgan fingerprint density at radius 1 is 1.24 bits per heavy atom. The van der Waals surface area contributed by atoms with E-state index in [0.29, 0.717) is 18.8 Å². The van der Waals surface area contributed by atoms with Crippen LogP contribution >= 0.6 is 0 Å². The third-order valence-electron chi connectivity index (χ3n) is 3.83. The predicted molar refractivity (Wildman–Crippen MR) is 81.0 cm³/mol. The zero-order valence-electron chi connectivity index (χ0n) is 12.8. The zero-order valence-corrected chi connectivity index (χ0v) is 12.8. The fourth-order valence-corrected chi connectivity index (χ4v) is 2.69. The highest BCUT2D eigenvalue weighted by Gasteiger charge is 2.27. The van der Waals surface area contributed by atoms with Crippen molar-refractivity contribution in [3.05, 3.63) is 40.7 Å². The van der Waals surface area contributed by atoms with E-state index >= 15 is 0 Å². The molecule has 5 heteroatoms. The number of carbonyl (C=O) groups is 1. The van der Waals surface area contributed by atoms with Crippen LogP contribution in [0.1, 0.15) is 27.3 Å². The molecular weight excluding hydrogens is 266 g/mol. The molecule has 1 aliphatic rings. The van der Waals surface area contributed by atoms with Gasteiger partial charge in [-0.25, -0.2) is 0 Å². The first-order valence-corrected chi connectivity index (χ1v) is 7.04. The number of nitrogens with zero attached hydrogens (tertiary/aromatic N) is 3. The van der Waals surface area contributed by atoms with Crippen molar-refractivity contribution in [3.63, 3.8) is 0 Å². The lowest BCUT2D eigenvalue weighted by atomic mass is 10.1. The molecule has 1 amide bonds. The minimum Gasteiger partial charge on any atom is -0.489 e. The van der Waals surface area contributed by atoms with Gasteiger partial charge in [0.1, 0.15) is 12.4 Å². The van der Waals surface area contributed by atoms with Gasteiger partial charge in [0.15, 0.2) is 5.69 Å². The quantitative estimate of drug-likeness (QED) is 0.808. The summed E-state index contributed by atoms with van der Waals surface area (Å²) in [6.07, 6.45) is 0. The molecule has 0 spiro atoms. The van der Waals surface area contributed by atoms with Crippen molar-refractivity contribution in [1.29, 1.82) is 0 Å². The summed E-state index contributed by atoms with van der Waals surface area (Å²) in [6.45, 7) is 7.02. The maximum atomic E-state index is 12.7. The van der Waals surface area contributed by atoms with Gasteiger partial charge in [-0.15, -0.1) is 0 Å². The zero-order chi connectivity index (χ0) is 15.1. The Kier molecular flexibility index (Phi) is 3.20. The number of fused-ring (bicyclic) bond motifs is 1. The number of hydrogen-bond donors (Lipinski definition) is 0. The molecule has 1 aromatic carbocycles. The van der Waals surface area contributed by atoms with Gasteiger partial charge in [-0.3, -0.25) is 9.48 Å². The van der Waals surface area contributed by atoms with Gasteiger partial charge in [-0.2, -0.15) is 5.10 Å². The summed E-state index contributed by atoms with van der Waals surface area (Å²) in [5.41, 5.74) is 4.45. The molecule has 0 radical (unpaired) electrons. The second-order valence-electron chi connectivity index (χ2n) is 5.53. The average molecular weight is 285 g/mol. The van der Waals surface area contributed by atoms with Crippen LogP contribution in [0.2, 0.25) is 0 Å². The SMILES string of the molecule is Cc1cc(C)c2c(c1)N(C(=O)c1cc(C)n(C)n1)CCO2. The number of ether oxygens (including phenoxy) is 1. The van der Waals surface area contributed by atoms with E-state index in [1.165, 1.54) is 0 Å². The van der Waals surface area contributed by atoms with Gasteiger partial charge in [-0.05, 0) is 44.0 Å². The predicted octanol–water partition coefficient (Wildman–Crippen LogP) is 2.38. The topological polar surface area (TPSA) is 47.4 Å². The first-order chi connectivity index (χ1) is 9.97. The van der Waals surface area contributed by atoms with Crippen LogP contribution in [0.5, 0.6) is 5.75 Å². The van der Waals surface area contributed by atoms with Gasteiger partial charge in [0, 0.05) is 12.7 Å². The summed E-state index contributed by atoms with van der Waals surface area (Å²) >= 11 is 0. The van der Waals surface area contributed by atoms with Crippen molar-refractivity contribution in [2.24, 2.45) is 7.05 Å². The number of hydrogen-bond acceptors (Lipinski definition) is 3. The van der Waals surface area contributed by atoms with Crippen LogP contribution < -0.4 is 9.64 Å². The minimum absolute atomic E-state index is 0.0757. The first-order valence-electron chi connectivity index (χ1n) is 7.04. The van der Waals surface area contributed by atoms with Crippen LogP contribution in [-0.4, -0.2) is 28.8 Å². The third-order valence-corrected chi connectivity index (χ3v) is 3.83. The second-order valence-corrected chi connectivity index (χ2v) is 5.53. The van der Waals surface area contributed by atoms with E-state index in [2.05, 4.69) is 11.2 Å². The summed E-state index contributed by atoms with van der Waals surface area (Å²) < 4.78 is 7.45. The third kappa shape index (κ3) is 2.28. The molecule has 2 heterocycles. The molecule has 3 rings (SSSR count). The van der Waals surface area contributed by atoms with Crippen molar-refractivity contribution in [3.8, 4) is 5.75 Å². The lowest BCUT2D eigenvalue weighted by molar-refractivity contribution is 0.0971. The van der Waals surface area contributed by atoms with Gasteiger partial charge in [-0.1, -0.05) is 6.07 Å². The summed E-state index contributed by atoms with van der Waals surface area (Å²) in [7, 11) is 1.84. The van der Waals surface area contributed by atoms with E-state index < -0.39 is 0 Å². The number of aryl methyl sites for hydroxylation is 4. The Labute approximate surface area is 124 Å². The molecule has 1 aliphatic heterocycles. The summed E-state index contributed by atoms with van der Waals surface area (Å²) in [4.78, 5) is 14.5. The molecule has 110 valence electrons. The number of anilines is 1. The number of rotatable bonds is 1. The average Bonchev–Trinajstić information content (AvgIpc) is 2.77. The van der Waals surface area contributed by atoms with E-state index in [4.69, 9.17) is 4.74 Å². The van der Waals surface area contributed by atoms with Crippen LogP contribution in [0.4, 0.5) is 5.69 Å². The van der Waals surface area contributed by atoms with E-state index in [1.807, 2.05) is 40.0 Å². The Morgan fingerprint density at radius 2 is 2.00 bits per heavy atom. The highest BCUT2D eigenvalue weighted by molar-refractivity contribution is 6.06. The number of benzene rings is 1. The molecule has 2 aromatic rings. The summed E-state index contributed by atoms with van der Waals surface area (Å²) in [5.74, 6) is 0.723. The van der Waals surface area contributed by atoms with Crippen LogP contribution in [0.25, 0.3) is 0 Å².